The molecule has 1 atom stereocenters. The molecule has 0 aliphatic carbocycles. The van der Waals surface area contributed by atoms with Gasteiger partial charge in [-0.05, 0) is 26.3 Å². The van der Waals surface area contributed by atoms with Crippen molar-refractivity contribution in [3.8, 4) is 0 Å². The Kier molecular flexibility index (Phi) is 4.87. The highest BCUT2D eigenvalue weighted by Crippen LogP contribution is 2.23. The van der Waals surface area contributed by atoms with Crippen molar-refractivity contribution in [1.29, 1.82) is 0 Å². The van der Waals surface area contributed by atoms with Crippen LogP contribution in [-0.2, 0) is 24.4 Å². The molecule has 0 amide bonds. The Hall–Kier alpha value is -1.70. The minimum Gasteiger partial charge on any atom is -0.379 e. The van der Waals surface area contributed by atoms with E-state index in [1.807, 2.05) is 20.0 Å². The van der Waals surface area contributed by atoms with Gasteiger partial charge in [0.2, 0.25) is 0 Å². The lowest BCUT2D eigenvalue weighted by Crippen LogP contribution is -2.46. The van der Waals surface area contributed by atoms with Crippen molar-refractivity contribution in [2.24, 2.45) is 0 Å². The number of ether oxygens (including phenoxy) is 1. The molecule has 0 aromatic carbocycles. The molecule has 136 valence electrons. The third-order valence-corrected chi connectivity index (χ3v) is 5.48. The Labute approximate surface area is 148 Å². The van der Waals surface area contributed by atoms with Gasteiger partial charge in [-0.1, -0.05) is 5.16 Å². The van der Waals surface area contributed by atoms with Crippen molar-refractivity contribution in [2.75, 3.05) is 32.8 Å². The quantitative estimate of drug-likeness (QED) is 0.839. The second-order valence-electron chi connectivity index (χ2n) is 7.11. The minimum absolute atomic E-state index is 0.494. The topological polar surface area (TPSA) is 59.6 Å². The van der Waals surface area contributed by atoms with Gasteiger partial charge in [-0.3, -0.25) is 14.5 Å². The summed E-state index contributed by atoms with van der Waals surface area (Å²) >= 11 is 0. The predicted molar refractivity (Wildman–Crippen MR) is 93.1 cm³/mol. The van der Waals surface area contributed by atoms with Crippen LogP contribution in [0.1, 0.15) is 29.1 Å². The summed E-state index contributed by atoms with van der Waals surface area (Å²) in [4.78, 5) is 5.10. The van der Waals surface area contributed by atoms with E-state index in [0.29, 0.717) is 6.04 Å². The molecule has 1 saturated heterocycles. The van der Waals surface area contributed by atoms with E-state index in [1.165, 1.54) is 11.3 Å². The van der Waals surface area contributed by atoms with Crippen molar-refractivity contribution >= 4 is 0 Å². The van der Waals surface area contributed by atoms with Crippen molar-refractivity contribution in [3.05, 3.63) is 35.0 Å². The van der Waals surface area contributed by atoms with Crippen LogP contribution in [0.25, 0.3) is 0 Å². The van der Waals surface area contributed by atoms with Crippen LogP contribution < -0.4 is 0 Å². The number of morpholine rings is 1. The fourth-order valence-corrected chi connectivity index (χ4v) is 3.89. The van der Waals surface area contributed by atoms with Gasteiger partial charge >= 0.3 is 0 Å². The van der Waals surface area contributed by atoms with Gasteiger partial charge < -0.3 is 9.26 Å². The summed E-state index contributed by atoms with van der Waals surface area (Å²) in [5, 5.41) is 8.62. The molecule has 0 saturated carbocycles. The van der Waals surface area contributed by atoms with E-state index >= 15 is 0 Å². The number of rotatable bonds is 4. The monoisotopic (exact) mass is 345 g/mol. The second-order valence-corrected chi connectivity index (χ2v) is 7.11. The van der Waals surface area contributed by atoms with E-state index in [0.717, 1.165) is 70.4 Å². The molecule has 2 aromatic rings. The Bertz CT molecular complexity index is 685. The minimum atomic E-state index is 0.494. The Morgan fingerprint density at radius 3 is 2.80 bits per heavy atom. The fraction of sp³-hybridized carbons (Fsp3) is 0.667. The molecule has 7 heteroatoms. The van der Waals surface area contributed by atoms with Crippen molar-refractivity contribution in [1.82, 2.24) is 24.7 Å². The standard InChI is InChI=1S/C18H27N5O2/c1-14-18(15(2)25-20-14)13-22-12-17-3-5-19-23(17)6-4-16(22)11-21-7-9-24-10-8-21/h3,5,16H,4,6-13H2,1-2H3/t16-/m0/s1. The van der Waals surface area contributed by atoms with Crippen molar-refractivity contribution in [2.45, 2.75) is 45.9 Å². The zero-order valence-corrected chi connectivity index (χ0v) is 15.1. The van der Waals surface area contributed by atoms with Gasteiger partial charge in [-0.15, -0.1) is 0 Å². The summed E-state index contributed by atoms with van der Waals surface area (Å²) in [5.41, 5.74) is 3.51. The van der Waals surface area contributed by atoms with E-state index in [9.17, 15) is 0 Å². The third kappa shape index (κ3) is 3.63. The van der Waals surface area contributed by atoms with E-state index in [-0.39, 0.29) is 0 Å². The molecular weight excluding hydrogens is 318 g/mol. The molecule has 2 aromatic heterocycles. The third-order valence-electron chi connectivity index (χ3n) is 5.48. The summed E-state index contributed by atoms with van der Waals surface area (Å²) in [5.74, 6) is 0.931. The summed E-state index contributed by atoms with van der Waals surface area (Å²) in [7, 11) is 0. The Morgan fingerprint density at radius 2 is 2.04 bits per heavy atom. The van der Waals surface area contributed by atoms with Gasteiger partial charge in [-0.25, -0.2) is 0 Å². The van der Waals surface area contributed by atoms with Gasteiger partial charge in [0.15, 0.2) is 0 Å². The lowest BCUT2D eigenvalue weighted by molar-refractivity contribution is 0.0196. The average Bonchev–Trinajstić information content (AvgIpc) is 3.15. The van der Waals surface area contributed by atoms with Crippen LogP contribution in [0.2, 0.25) is 0 Å². The first kappa shape index (κ1) is 16.8. The summed E-state index contributed by atoms with van der Waals surface area (Å²) in [6.07, 6.45) is 3.02. The molecule has 0 bridgehead atoms. The van der Waals surface area contributed by atoms with Gasteiger partial charge in [0, 0.05) is 57.1 Å². The molecule has 0 unspecified atom stereocenters. The first-order valence-corrected chi connectivity index (χ1v) is 9.17. The molecule has 2 aliphatic rings. The van der Waals surface area contributed by atoms with E-state index < -0.39 is 0 Å². The molecule has 7 nitrogen and oxygen atoms in total. The summed E-state index contributed by atoms with van der Waals surface area (Å²) in [6.45, 7) is 11.6. The number of hydrogen-bond acceptors (Lipinski definition) is 6. The zero-order chi connectivity index (χ0) is 17.2. The van der Waals surface area contributed by atoms with Crippen molar-refractivity contribution < 1.29 is 9.26 Å². The molecule has 1 fully saturated rings. The molecule has 0 radical (unpaired) electrons. The van der Waals surface area contributed by atoms with Crippen LogP contribution in [0, 0.1) is 13.8 Å². The maximum atomic E-state index is 5.51. The van der Waals surface area contributed by atoms with Crippen LogP contribution in [0.15, 0.2) is 16.8 Å². The lowest BCUT2D eigenvalue weighted by Gasteiger charge is -2.35. The van der Waals surface area contributed by atoms with Gasteiger partial charge in [0.25, 0.3) is 0 Å². The van der Waals surface area contributed by atoms with Crippen LogP contribution >= 0.6 is 0 Å². The van der Waals surface area contributed by atoms with Crippen LogP contribution in [0.5, 0.6) is 0 Å². The maximum Gasteiger partial charge on any atom is 0.138 e. The van der Waals surface area contributed by atoms with Crippen LogP contribution in [0.4, 0.5) is 0 Å². The largest absolute Gasteiger partial charge is 0.379 e. The number of hydrogen-bond donors (Lipinski definition) is 0. The number of aromatic nitrogens is 3. The maximum absolute atomic E-state index is 5.51. The SMILES string of the molecule is Cc1noc(C)c1CN1Cc2ccnn2CC[C@H]1CN1CCOCC1. The predicted octanol–water partition coefficient (Wildman–Crippen LogP) is 1.59. The second kappa shape index (κ2) is 7.27. The molecule has 2 aliphatic heterocycles. The number of nitrogens with zero attached hydrogens (tertiary/aromatic N) is 5. The Balaban J connectivity index is 1.55. The highest BCUT2D eigenvalue weighted by molar-refractivity contribution is 5.21. The molecule has 25 heavy (non-hydrogen) atoms. The molecule has 0 spiro atoms. The number of fused-ring (bicyclic) bond motifs is 1. The van der Waals surface area contributed by atoms with E-state index in [4.69, 9.17) is 9.26 Å². The van der Waals surface area contributed by atoms with Gasteiger partial charge in [0.05, 0.1) is 24.6 Å². The smallest absolute Gasteiger partial charge is 0.138 e. The van der Waals surface area contributed by atoms with Crippen LogP contribution in [-0.4, -0.2) is 63.6 Å². The molecule has 4 rings (SSSR count). The lowest BCUT2D eigenvalue weighted by atomic mass is 10.1. The number of aryl methyl sites for hydroxylation is 3. The van der Waals surface area contributed by atoms with Gasteiger partial charge in [-0.2, -0.15) is 5.10 Å². The summed E-state index contributed by atoms with van der Waals surface area (Å²) in [6, 6.07) is 2.63. The average molecular weight is 345 g/mol. The molecular formula is C18H27N5O2. The molecule has 4 heterocycles. The zero-order valence-electron chi connectivity index (χ0n) is 15.1. The Morgan fingerprint density at radius 1 is 1.20 bits per heavy atom. The highest BCUT2D eigenvalue weighted by Gasteiger charge is 2.28. The van der Waals surface area contributed by atoms with E-state index in [2.05, 4.69) is 30.8 Å². The summed E-state index contributed by atoms with van der Waals surface area (Å²) < 4.78 is 13.0. The van der Waals surface area contributed by atoms with Crippen molar-refractivity contribution in [3.63, 3.8) is 0 Å². The first-order chi connectivity index (χ1) is 12.2. The molecule has 0 N–H and O–H groups in total. The van der Waals surface area contributed by atoms with E-state index in [1.54, 1.807) is 0 Å². The first-order valence-electron chi connectivity index (χ1n) is 9.17. The fourth-order valence-electron chi connectivity index (χ4n) is 3.89. The highest BCUT2D eigenvalue weighted by atomic mass is 16.5. The van der Waals surface area contributed by atoms with Gasteiger partial charge in [0.1, 0.15) is 5.76 Å². The normalized spacial score (nSPS) is 22.7. The van der Waals surface area contributed by atoms with Crippen LogP contribution in [0.3, 0.4) is 0 Å².